The average Bonchev–Trinajstić information content (AvgIpc) is 2.78. The summed E-state index contributed by atoms with van der Waals surface area (Å²) in [7, 11) is -3.55. The van der Waals surface area contributed by atoms with Crippen molar-refractivity contribution in [2.75, 3.05) is 31.5 Å². The second-order valence-electron chi connectivity index (χ2n) is 7.60. The van der Waals surface area contributed by atoms with Gasteiger partial charge in [-0.25, -0.2) is 8.42 Å². The maximum Gasteiger partial charge on any atom is 0.267 e. The Morgan fingerprint density at radius 3 is 2.26 bits per heavy atom. The van der Waals surface area contributed by atoms with Crippen molar-refractivity contribution in [3.63, 3.8) is 0 Å². The van der Waals surface area contributed by atoms with E-state index in [9.17, 15) is 18.5 Å². The summed E-state index contributed by atoms with van der Waals surface area (Å²) in [5.41, 5.74) is 1.66. The highest BCUT2D eigenvalue weighted by Crippen LogP contribution is 2.24. The summed E-state index contributed by atoms with van der Waals surface area (Å²) in [6.45, 7) is 5.43. The van der Waals surface area contributed by atoms with Gasteiger partial charge < -0.3 is 10.2 Å². The maximum absolute atomic E-state index is 12.7. The third-order valence-electron chi connectivity index (χ3n) is 5.16. The van der Waals surface area contributed by atoms with E-state index in [2.05, 4.69) is 5.32 Å². The highest BCUT2D eigenvalue weighted by molar-refractivity contribution is 7.89. The lowest BCUT2D eigenvalue weighted by Crippen LogP contribution is -2.46. The zero-order valence-corrected chi connectivity index (χ0v) is 18.5. The Balaban J connectivity index is 1.67. The molecule has 1 fully saturated rings. The largest absolute Gasteiger partial charge is 0.373 e. The number of hydrogen-bond acceptors (Lipinski definition) is 5. The van der Waals surface area contributed by atoms with Crippen LogP contribution < -0.4 is 5.32 Å². The predicted octanol–water partition coefficient (Wildman–Crippen LogP) is 3.16. The molecule has 3 rings (SSSR count). The number of piperazine rings is 1. The number of amides is 1. The van der Waals surface area contributed by atoms with Crippen molar-refractivity contribution in [3.8, 4) is 6.07 Å². The summed E-state index contributed by atoms with van der Waals surface area (Å²) in [4.78, 5) is 14.7. The number of carbonyl (C=O) groups is 1. The fourth-order valence-corrected chi connectivity index (χ4v) is 4.88. The van der Waals surface area contributed by atoms with Crippen LogP contribution in [0.4, 0.5) is 5.69 Å². The molecule has 0 unspecified atom stereocenters. The van der Waals surface area contributed by atoms with Crippen LogP contribution in [0.15, 0.2) is 71.3 Å². The smallest absolute Gasteiger partial charge is 0.267 e. The van der Waals surface area contributed by atoms with Gasteiger partial charge in [-0.05, 0) is 29.7 Å². The molecule has 1 saturated heterocycles. The van der Waals surface area contributed by atoms with E-state index < -0.39 is 15.9 Å². The molecule has 1 amide bonds. The Kier molecular flexibility index (Phi) is 7.10. The van der Waals surface area contributed by atoms with Crippen LogP contribution in [0.5, 0.6) is 0 Å². The van der Waals surface area contributed by atoms with E-state index in [-0.39, 0.29) is 29.5 Å². The van der Waals surface area contributed by atoms with Gasteiger partial charge in [-0.15, -0.1) is 0 Å². The first-order chi connectivity index (χ1) is 14.8. The molecule has 0 spiro atoms. The van der Waals surface area contributed by atoms with Crippen molar-refractivity contribution < 1.29 is 13.2 Å². The number of nitriles is 1. The van der Waals surface area contributed by atoms with E-state index in [1.165, 1.54) is 10.5 Å². The second-order valence-corrected chi connectivity index (χ2v) is 9.54. The lowest BCUT2D eigenvalue weighted by atomic mass is 10.0. The minimum Gasteiger partial charge on any atom is -0.373 e. The third-order valence-corrected chi connectivity index (χ3v) is 7.07. The van der Waals surface area contributed by atoms with E-state index >= 15 is 0 Å². The van der Waals surface area contributed by atoms with Gasteiger partial charge in [0.05, 0.1) is 4.90 Å². The topological polar surface area (TPSA) is 93.5 Å². The summed E-state index contributed by atoms with van der Waals surface area (Å²) >= 11 is 0. The molecule has 0 aliphatic carbocycles. The standard InChI is InChI=1S/C23H26N4O3S/c1-18(2)21-10-6-7-11-22(21)25-23(28)19(16-24)17-26-12-14-27(15-13-26)31(29,30)20-8-4-3-5-9-20/h3-11,17-18H,12-15H2,1-2H3,(H,25,28)/b19-17-. The van der Waals surface area contributed by atoms with Crippen molar-refractivity contribution in [1.29, 1.82) is 5.26 Å². The Morgan fingerprint density at radius 1 is 1.03 bits per heavy atom. The summed E-state index contributed by atoms with van der Waals surface area (Å²) in [5.74, 6) is -0.249. The number of anilines is 1. The molecule has 162 valence electrons. The van der Waals surface area contributed by atoms with Crippen LogP contribution >= 0.6 is 0 Å². The molecule has 31 heavy (non-hydrogen) atoms. The lowest BCUT2D eigenvalue weighted by Gasteiger charge is -2.33. The van der Waals surface area contributed by atoms with Gasteiger partial charge >= 0.3 is 0 Å². The molecule has 2 aromatic rings. The number of rotatable bonds is 6. The molecule has 0 saturated carbocycles. The highest BCUT2D eigenvalue weighted by Gasteiger charge is 2.28. The fraction of sp³-hybridized carbons (Fsp3) is 0.304. The van der Waals surface area contributed by atoms with Crippen LogP contribution in [0.1, 0.15) is 25.3 Å². The summed E-state index contributed by atoms with van der Waals surface area (Å²) in [6.07, 6.45) is 1.51. The number of benzene rings is 2. The van der Waals surface area contributed by atoms with Gasteiger partial charge in [-0.3, -0.25) is 4.79 Å². The molecule has 0 aromatic heterocycles. The average molecular weight is 439 g/mol. The number of sulfonamides is 1. The summed E-state index contributed by atoms with van der Waals surface area (Å²) in [6, 6.07) is 17.8. The van der Waals surface area contributed by atoms with Crippen molar-refractivity contribution in [2.24, 2.45) is 0 Å². The first-order valence-electron chi connectivity index (χ1n) is 10.1. The van der Waals surface area contributed by atoms with Crippen molar-refractivity contribution >= 4 is 21.6 Å². The van der Waals surface area contributed by atoms with E-state index in [4.69, 9.17) is 0 Å². The second kappa shape index (κ2) is 9.77. The summed E-state index contributed by atoms with van der Waals surface area (Å²) < 4.78 is 26.9. The first kappa shape index (κ1) is 22.5. The van der Waals surface area contributed by atoms with Gasteiger partial charge in [0, 0.05) is 38.1 Å². The van der Waals surface area contributed by atoms with E-state index in [0.29, 0.717) is 18.8 Å². The van der Waals surface area contributed by atoms with Crippen molar-refractivity contribution in [2.45, 2.75) is 24.7 Å². The third kappa shape index (κ3) is 5.32. The van der Waals surface area contributed by atoms with Gasteiger partial charge in [0.2, 0.25) is 10.0 Å². The van der Waals surface area contributed by atoms with Gasteiger partial charge in [-0.2, -0.15) is 9.57 Å². The Bertz CT molecular complexity index is 1100. The zero-order chi connectivity index (χ0) is 22.4. The maximum atomic E-state index is 12.7. The van der Waals surface area contributed by atoms with Crippen LogP contribution in [-0.4, -0.2) is 49.7 Å². The molecule has 1 heterocycles. The molecule has 1 N–H and O–H groups in total. The van der Waals surface area contributed by atoms with Gasteiger partial charge in [0.1, 0.15) is 11.6 Å². The number of nitrogens with one attached hydrogen (secondary N) is 1. The fourth-order valence-electron chi connectivity index (χ4n) is 3.44. The SMILES string of the molecule is CC(C)c1ccccc1NC(=O)/C(C#N)=C\N1CCN(S(=O)(=O)c2ccccc2)CC1. The molecule has 2 aromatic carbocycles. The normalized spacial score (nSPS) is 15.5. The molecular formula is C23H26N4O3S. The van der Waals surface area contributed by atoms with Gasteiger partial charge in [0.15, 0.2) is 0 Å². The molecule has 0 bridgehead atoms. The molecule has 7 nitrogen and oxygen atoms in total. The number of nitrogens with zero attached hydrogens (tertiary/aromatic N) is 3. The zero-order valence-electron chi connectivity index (χ0n) is 17.7. The Labute approximate surface area is 183 Å². The molecule has 8 heteroatoms. The number of carbonyl (C=O) groups excluding carboxylic acids is 1. The molecular weight excluding hydrogens is 412 g/mol. The van der Waals surface area contributed by atoms with Gasteiger partial charge in [0.25, 0.3) is 5.91 Å². The van der Waals surface area contributed by atoms with Crippen LogP contribution in [0.25, 0.3) is 0 Å². The van der Waals surface area contributed by atoms with Crippen LogP contribution in [0, 0.1) is 11.3 Å². The molecule has 1 aliphatic heterocycles. The molecule has 1 aliphatic rings. The van der Waals surface area contributed by atoms with Crippen molar-refractivity contribution in [3.05, 3.63) is 71.9 Å². The minimum absolute atomic E-state index is 0.0158. The minimum atomic E-state index is -3.55. The predicted molar refractivity (Wildman–Crippen MR) is 120 cm³/mol. The van der Waals surface area contributed by atoms with Gasteiger partial charge in [-0.1, -0.05) is 50.2 Å². The van der Waals surface area contributed by atoms with Crippen LogP contribution in [0.3, 0.4) is 0 Å². The molecule has 0 radical (unpaired) electrons. The van der Waals surface area contributed by atoms with E-state index in [1.54, 1.807) is 30.3 Å². The summed E-state index contributed by atoms with van der Waals surface area (Å²) in [5, 5.41) is 12.3. The first-order valence-corrected chi connectivity index (χ1v) is 11.6. The van der Waals surface area contributed by atoms with Crippen molar-refractivity contribution in [1.82, 2.24) is 9.21 Å². The lowest BCUT2D eigenvalue weighted by molar-refractivity contribution is -0.112. The highest BCUT2D eigenvalue weighted by atomic mass is 32.2. The Morgan fingerprint density at radius 2 is 1.65 bits per heavy atom. The van der Waals surface area contributed by atoms with Crippen LogP contribution in [0.2, 0.25) is 0 Å². The molecule has 0 atom stereocenters. The Hall–Kier alpha value is -3.15. The monoisotopic (exact) mass is 438 g/mol. The van der Waals surface area contributed by atoms with E-state index in [1.807, 2.05) is 49.1 Å². The number of para-hydroxylation sites is 1. The quantitative estimate of drug-likeness (QED) is 0.552. The number of hydrogen-bond donors (Lipinski definition) is 1. The van der Waals surface area contributed by atoms with Crippen LogP contribution in [-0.2, 0) is 14.8 Å². The van der Waals surface area contributed by atoms with E-state index in [0.717, 1.165) is 5.56 Å².